The van der Waals surface area contributed by atoms with Gasteiger partial charge in [-0.25, -0.2) is 0 Å². The molecule has 0 saturated heterocycles. The molecule has 2 aromatic carbocycles. The van der Waals surface area contributed by atoms with E-state index in [1.54, 1.807) is 19.2 Å². The number of aromatic hydroxyl groups is 2. The maximum Gasteiger partial charge on any atom is 0.126 e. The Morgan fingerprint density at radius 1 is 1.20 bits per heavy atom. The van der Waals surface area contributed by atoms with Gasteiger partial charge in [0.15, 0.2) is 0 Å². The molecule has 0 fully saturated rings. The zero-order valence-corrected chi connectivity index (χ0v) is 14.9. The average Bonchev–Trinajstić information content (AvgIpc) is 2.60. The number of phenolic OH excluding ortho intramolecular Hbond substituents is 2. The van der Waals surface area contributed by atoms with Crippen LogP contribution in [-0.4, -0.2) is 23.9 Å². The van der Waals surface area contributed by atoms with Gasteiger partial charge in [-0.2, -0.15) is 0 Å². The first-order valence-electron chi connectivity index (χ1n) is 8.35. The minimum atomic E-state index is -0.339. The molecule has 2 N–H and O–H groups in total. The molecule has 1 aliphatic rings. The second-order valence-electron chi connectivity index (χ2n) is 7.04. The summed E-state index contributed by atoms with van der Waals surface area (Å²) in [6.07, 6.45) is 2.56. The fourth-order valence-corrected chi connectivity index (χ4v) is 3.24. The minimum Gasteiger partial charge on any atom is -0.508 e. The van der Waals surface area contributed by atoms with E-state index in [4.69, 9.17) is 9.47 Å². The monoisotopic (exact) mass is 340 g/mol. The van der Waals surface area contributed by atoms with Gasteiger partial charge in [0.25, 0.3) is 0 Å². The van der Waals surface area contributed by atoms with Gasteiger partial charge >= 0.3 is 0 Å². The summed E-state index contributed by atoms with van der Waals surface area (Å²) in [5.74, 6) is 1.79. The highest BCUT2D eigenvalue weighted by molar-refractivity contribution is 5.52. The molecule has 1 aliphatic heterocycles. The Morgan fingerprint density at radius 2 is 1.96 bits per heavy atom. The summed E-state index contributed by atoms with van der Waals surface area (Å²) in [4.78, 5) is 0. The van der Waals surface area contributed by atoms with E-state index in [9.17, 15) is 10.2 Å². The molecular formula is C21H24O4. The highest BCUT2D eigenvalue weighted by atomic mass is 16.5. The Kier molecular flexibility index (Phi) is 4.38. The largest absolute Gasteiger partial charge is 0.508 e. The summed E-state index contributed by atoms with van der Waals surface area (Å²) in [6, 6.07) is 9.00. The van der Waals surface area contributed by atoms with Crippen LogP contribution in [0.2, 0.25) is 0 Å². The number of fused-ring (bicyclic) bond motifs is 1. The predicted octanol–water partition coefficient (Wildman–Crippen LogP) is 4.29. The van der Waals surface area contributed by atoms with E-state index in [0.29, 0.717) is 18.1 Å². The van der Waals surface area contributed by atoms with Crippen molar-refractivity contribution in [2.45, 2.75) is 31.6 Å². The molecule has 1 atom stereocenters. The Bertz CT molecular complexity index is 808. The lowest BCUT2D eigenvalue weighted by molar-refractivity contribution is 0.257. The van der Waals surface area contributed by atoms with E-state index in [1.165, 1.54) is 0 Å². The lowest BCUT2D eigenvalue weighted by Gasteiger charge is -2.29. The standard InChI is InChI=1S/C21H24O4/c1-5-21(2,3)17-9-13-8-14(12-25-20(13)11-19(17)23)16-7-6-15(24-4)10-18(16)22/h5-7,9-11,14,22-23H,1,8,12H2,2-4H3. The van der Waals surface area contributed by atoms with Gasteiger partial charge in [0.05, 0.1) is 13.7 Å². The highest BCUT2D eigenvalue weighted by Gasteiger charge is 2.28. The van der Waals surface area contributed by atoms with E-state index >= 15 is 0 Å². The van der Waals surface area contributed by atoms with E-state index in [-0.39, 0.29) is 22.8 Å². The summed E-state index contributed by atoms with van der Waals surface area (Å²) < 4.78 is 11.0. The quantitative estimate of drug-likeness (QED) is 0.815. The van der Waals surface area contributed by atoms with Crippen molar-refractivity contribution in [1.82, 2.24) is 0 Å². The lowest BCUT2D eigenvalue weighted by atomic mass is 9.81. The SMILES string of the molecule is C=CC(C)(C)c1cc2c(cc1O)OCC(c1ccc(OC)cc1O)C2. The van der Waals surface area contributed by atoms with Gasteiger partial charge in [0, 0.05) is 34.6 Å². The van der Waals surface area contributed by atoms with Crippen LogP contribution in [0, 0.1) is 0 Å². The molecule has 1 heterocycles. The summed E-state index contributed by atoms with van der Waals surface area (Å²) >= 11 is 0. The summed E-state index contributed by atoms with van der Waals surface area (Å²) in [5, 5.41) is 20.6. The van der Waals surface area contributed by atoms with Crippen molar-refractivity contribution in [1.29, 1.82) is 0 Å². The predicted molar refractivity (Wildman–Crippen MR) is 97.9 cm³/mol. The van der Waals surface area contributed by atoms with Crippen molar-refractivity contribution in [3.63, 3.8) is 0 Å². The molecule has 25 heavy (non-hydrogen) atoms. The maximum absolute atomic E-state index is 10.3. The molecule has 1 unspecified atom stereocenters. The van der Waals surface area contributed by atoms with Gasteiger partial charge in [-0.15, -0.1) is 6.58 Å². The Hall–Kier alpha value is -2.62. The molecule has 0 bridgehead atoms. The molecule has 0 radical (unpaired) electrons. The normalized spacial score (nSPS) is 16.7. The van der Waals surface area contributed by atoms with Crippen LogP contribution in [0.4, 0.5) is 0 Å². The van der Waals surface area contributed by atoms with Gasteiger partial charge in [-0.05, 0) is 24.1 Å². The number of ether oxygens (including phenoxy) is 2. The number of hydrogen-bond acceptors (Lipinski definition) is 4. The highest BCUT2D eigenvalue weighted by Crippen LogP contribution is 2.42. The van der Waals surface area contributed by atoms with Crippen molar-refractivity contribution in [2.75, 3.05) is 13.7 Å². The number of methoxy groups -OCH3 is 1. The van der Waals surface area contributed by atoms with Crippen LogP contribution in [-0.2, 0) is 11.8 Å². The Balaban J connectivity index is 1.95. The topological polar surface area (TPSA) is 58.9 Å². The van der Waals surface area contributed by atoms with Gasteiger partial charge in [-0.1, -0.05) is 26.0 Å². The summed E-state index contributed by atoms with van der Waals surface area (Å²) in [5.41, 5.74) is 2.34. The number of rotatable bonds is 4. The molecule has 0 spiro atoms. The second kappa shape index (κ2) is 6.36. The minimum absolute atomic E-state index is 0.0441. The van der Waals surface area contributed by atoms with Crippen LogP contribution in [0.15, 0.2) is 43.0 Å². The fraction of sp³-hybridized carbons (Fsp3) is 0.333. The number of benzene rings is 2. The molecule has 0 aromatic heterocycles. The average molecular weight is 340 g/mol. The molecule has 4 heteroatoms. The molecule has 0 aliphatic carbocycles. The van der Waals surface area contributed by atoms with E-state index in [1.807, 2.05) is 38.1 Å². The van der Waals surface area contributed by atoms with Crippen molar-refractivity contribution < 1.29 is 19.7 Å². The van der Waals surface area contributed by atoms with Crippen molar-refractivity contribution >= 4 is 0 Å². The van der Waals surface area contributed by atoms with Gasteiger partial charge < -0.3 is 19.7 Å². The number of allylic oxidation sites excluding steroid dienone is 1. The van der Waals surface area contributed by atoms with E-state index in [0.717, 1.165) is 23.1 Å². The number of phenols is 2. The van der Waals surface area contributed by atoms with Gasteiger partial charge in [-0.3, -0.25) is 0 Å². The lowest BCUT2D eigenvalue weighted by Crippen LogP contribution is -2.21. The fourth-order valence-electron chi connectivity index (χ4n) is 3.24. The third-order valence-corrected chi connectivity index (χ3v) is 4.97. The smallest absolute Gasteiger partial charge is 0.126 e. The molecule has 3 rings (SSSR count). The zero-order chi connectivity index (χ0) is 18.2. The van der Waals surface area contributed by atoms with Crippen LogP contribution in [0.25, 0.3) is 0 Å². The first kappa shape index (κ1) is 17.2. The van der Waals surface area contributed by atoms with Crippen molar-refractivity contribution in [3.05, 3.63) is 59.7 Å². The van der Waals surface area contributed by atoms with Crippen molar-refractivity contribution in [2.24, 2.45) is 0 Å². The molecular weight excluding hydrogens is 316 g/mol. The van der Waals surface area contributed by atoms with Gasteiger partial charge in [0.2, 0.25) is 0 Å². The molecule has 0 amide bonds. The molecule has 4 nitrogen and oxygen atoms in total. The first-order valence-corrected chi connectivity index (χ1v) is 8.35. The third kappa shape index (κ3) is 3.16. The van der Waals surface area contributed by atoms with Gasteiger partial charge in [0.1, 0.15) is 23.0 Å². The summed E-state index contributed by atoms with van der Waals surface area (Å²) in [7, 11) is 1.57. The zero-order valence-electron chi connectivity index (χ0n) is 14.9. The van der Waals surface area contributed by atoms with Crippen LogP contribution < -0.4 is 9.47 Å². The van der Waals surface area contributed by atoms with Crippen LogP contribution >= 0.6 is 0 Å². The second-order valence-corrected chi connectivity index (χ2v) is 7.04. The summed E-state index contributed by atoms with van der Waals surface area (Å²) in [6.45, 7) is 8.34. The van der Waals surface area contributed by atoms with Crippen molar-refractivity contribution in [3.8, 4) is 23.0 Å². The van der Waals surface area contributed by atoms with E-state index < -0.39 is 0 Å². The van der Waals surface area contributed by atoms with Crippen LogP contribution in [0.5, 0.6) is 23.0 Å². The van der Waals surface area contributed by atoms with Crippen LogP contribution in [0.3, 0.4) is 0 Å². The third-order valence-electron chi connectivity index (χ3n) is 4.97. The maximum atomic E-state index is 10.3. The first-order chi connectivity index (χ1) is 11.9. The molecule has 0 saturated carbocycles. The molecule has 2 aromatic rings. The molecule has 132 valence electrons. The Morgan fingerprint density at radius 3 is 2.60 bits per heavy atom. The Labute approximate surface area is 148 Å². The van der Waals surface area contributed by atoms with E-state index in [2.05, 4.69) is 6.58 Å². The number of hydrogen-bond donors (Lipinski definition) is 2. The van der Waals surface area contributed by atoms with Crippen LogP contribution in [0.1, 0.15) is 36.5 Å².